The highest BCUT2D eigenvalue weighted by Gasteiger charge is 2.15. The fourth-order valence-corrected chi connectivity index (χ4v) is 4.06. The SMILES string of the molecule is CNC(=O)c1ccc([C@H](C)CNc2cc(-c3ccc4scnc4c3)ncn2)c(OC)c1.S. The van der Waals surface area contributed by atoms with Gasteiger partial charge in [0.2, 0.25) is 0 Å². The molecule has 0 aliphatic rings. The standard InChI is InChI=1S/C23H23N5O2S.H2S/c1-14(17-6-4-16(23(29)24-2)9-20(17)30-3)11-25-22-10-18(26-12-27-22)15-5-7-21-19(8-15)28-13-31-21;/h4-10,12-14H,11H2,1-3H3,(H,24,29)(H,25,26,27);1H2/t14-;/m1./s1. The number of methoxy groups -OCH3 is 1. The lowest BCUT2D eigenvalue weighted by atomic mass is 9.98. The summed E-state index contributed by atoms with van der Waals surface area (Å²) >= 11 is 1.62. The van der Waals surface area contributed by atoms with Crippen molar-refractivity contribution < 1.29 is 9.53 Å². The number of aromatic nitrogens is 3. The van der Waals surface area contributed by atoms with Crippen LogP contribution in [-0.2, 0) is 0 Å². The minimum Gasteiger partial charge on any atom is -0.496 e. The van der Waals surface area contributed by atoms with Crippen molar-refractivity contribution in [1.82, 2.24) is 20.3 Å². The molecule has 32 heavy (non-hydrogen) atoms. The van der Waals surface area contributed by atoms with Crippen LogP contribution in [0.3, 0.4) is 0 Å². The van der Waals surface area contributed by atoms with Gasteiger partial charge in [0.1, 0.15) is 17.9 Å². The summed E-state index contributed by atoms with van der Waals surface area (Å²) in [5.74, 6) is 1.44. The molecule has 1 amide bonds. The van der Waals surface area contributed by atoms with E-state index in [9.17, 15) is 4.79 Å². The van der Waals surface area contributed by atoms with E-state index < -0.39 is 0 Å². The Kier molecular flexibility index (Phi) is 7.66. The van der Waals surface area contributed by atoms with Gasteiger partial charge in [-0.1, -0.05) is 19.1 Å². The van der Waals surface area contributed by atoms with Gasteiger partial charge in [0.15, 0.2) is 0 Å². The van der Waals surface area contributed by atoms with Gasteiger partial charge in [-0.05, 0) is 29.8 Å². The fraction of sp³-hybridized carbons (Fsp3) is 0.217. The Hall–Kier alpha value is -3.17. The molecule has 0 fully saturated rings. The normalized spacial score (nSPS) is 11.5. The number of fused-ring (bicyclic) bond motifs is 1. The molecule has 0 radical (unpaired) electrons. The van der Waals surface area contributed by atoms with Crippen molar-refractivity contribution in [2.45, 2.75) is 12.8 Å². The van der Waals surface area contributed by atoms with Gasteiger partial charge in [-0.25, -0.2) is 15.0 Å². The Balaban J connectivity index is 0.00000289. The highest BCUT2D eigenvalue weighted by atomic mass is 32.1. The molecular weight excluding hydrogens is 442 g/mol. The van der Waals surface area contributed by atoms with Crippen LogP contribution in [0.4, 0.5) is 5.82 Å². The Morgan fingerprint density at radius 2 is 1.97 bits per heavy atom. The predicted molar refractivity (Wildman–Crippen MR) is 134 cm³/mol. The number of benzene rings is 2. The van der Waals surface area contributed by atoms with E-state index in [1.54, 1.807) is 37.9 Å². The van der Waals surface area contributed by atoms with Crippen LogP contribution >= 0.6 is 24.8 Å². The van der Waals surface area contributed by atoms with Gasteiger partial charge in [0.05, 0.1) is 28.5 Å². The largest absolute Gasteiger partial charge is 0.496 e. The average molecular weight is 468 g/mol. The van der Waals surface area contributed by atoms with Crippen LogP contribution in [0.1, 0.15) is 28.8 Å². The first-order valence-electron chi connectivity index (χ1n) is 9.88. The number of anilines is 1. The number of nitrogens with zero attached hydrogens (tertiary/aromatic N) is 3. The molecule has 4 rings (SSSR count). The lowest BCUT2D eigenvalue weighted by molar-refractivity contribution is 0.0962. The van der Waals surface area contributed by atoms with Gasteiger partial charge in [-0.15, -0.1) is 11.3 Å². The molecule has 2 aromatic carbocycles. The van der Waals surface area contributed by atoms with Crippen LogP contribution in [0.15, 0.2) is 54.3 Å². The summed E-state index contributed by atoms with van der Waals surface area (Å²) in [5, 5.41) is 6.02. The zero-order chi connectivity index (χ0) is 21.8. The topological polar surface area (TPSA) is 89.0 Å². The molecule has 166 valence electrons. The number of amides is 1. The van der Waals surface area contributed by atoms with Crippen LogP contribution in [-0.4, -0.2) is 41.6 Å². The van der Waals surface area contributed by atoms with Gasteiger partial charge in [-0.3, -0.25) is 4.79 Å². The number of ether oxygens (including phenoxy) is 1. The van der Waals surface area contributed by atoms with E-state index in [1.165, 1.54) is 0 Å². The van der Waals surface area contributed by atoms with E-state index in [0.29, 0.717) is 17.9 Å². The molecule has 0 aliphatic carbocycles. The molecule has 0 aliphatic heterocycles. The molecule has 9 heteroatoms. The van der Waals surface area contributed by atoms with Crippen LogP contribution in [0, 0.1) is 0 Å². The molecule has 7 nitrogen and oxygen atoms in total. The van der Waals surface area contributed by atoms with Crippen molar-refractivity contribution in [2.75, 3.05) is 26.0 Å². The third-order valence-electron chi connectivity index (χ3n) is 5.14. The summed E-state index contributed by atoms with van der Waals surface area (Å²) in [6, 6.07) is 13.6. The maximum atomic E-state index is 11.9. The first kappa shape index (κ1) is 23.5. The summed E-state index contributed by atoms with van der Waals surface area (Å²) in [7, 11) is 3.22. The zero-order valence-corrected chi connectivity index (χ0v) is 19.9. The van der Waals surface area contributed by atoms with Crippen molar-refractivity contribution in [3.63, 3.8) is 0 Å². The first-order valence-corrected chi connectivity index (χ1v) is 10.8. The van der Waals surface area contributed by atoms with E-state index >= 15 is 0 Å². The number of thiazole rings is 1. The molecule has 0 unspecified atom stereocenters. The molecule has 0 bridgehead atoms. The predicted octanol–water partition coefficient (Wildman–Crippen LogP) is 4.45. The van der Waals surface area contributed by atoms with Crippen molar-refractivity contribution in [2.24, 2.45) is 0 Å². The number of hydrogen-bond donors (Lipinski definition) is 2. The molecule has 0 saturated heterocycles. The molecule has 0 saturated carbocycles. The van der Waals surface area contributed by atoms with Crippen LogP contribution in [0.5, 0.6) is 5.75 Å². The van der Waals surface area contributed by atoms with E-state index in [2.05, 4.69) is 38.6 Å². The molecule has 1 atom stereocenters. The highest BCUT2D eigenvalue weighted by Crippen LogP contribution is 2.29. The Bertz CT molecular complexity index is 1230. The number of hydrogen-bond acceptors (Lipinski definition) is 7. The minimum absolute atomic E-state index is 0. The smallest absolute Gasteiger partial charge is 0.251 e. The average Bonchev–Trinajstić information content (AvgIpc) is 3.29. The van der Waals surface area contributed by atoms with Crippen molar-refractivity contribution in [3.8, 4) is 17.0 Å². The number of nitrogens with one attached hydrogen (secondary N) is 2. The minimum atomic E-state index is -0.139. The van der Waals surface area contributed by atoms with E-state index in [4.69, 9.17) is 4.74 Å². The fourth-order valence-electron chi connectivity index (χ4n) is 3.40. The van der Waals surface area contributed by atoms with Gasteiger partial charge < -0.3 is 15.4 Å². The van der Waals surface area contributed by atoms with Crippen LogP contribution in [0.25, 0.3) is 21.5 Å². The van der Waals surface area contributed by atoms with Gasteiger partial charge in [0, 0.05) is 36.7 Å². The second-order valence-corrected chi connectivity index (χ2v) is 8.03. The number of carbonyl (C=O) groups excluding carboxylic acids is 1. The van der Waals surface area contributed by atoms with Crippen molar-refractivity contribution in [3.05, 3.63) is 65.4 Å². The van der Waals surface area contributed by atoms with E-state index in [1.807, 2.05) is 35.8 Å². The Morgan fingerprint density at radius 1 is 1.12 bits per heavy atom. The summed E-state index contributed by atoms with van der Waals surface area (Å²) in [6.45, 7) is 2.75. The maximum absolute atomic E-state index is 11.9. The maximum Gasteiger partial charge on any atom is 0.251 e. The van der Waals surface area contributed by atoms with Crippen molar-refractivity contribution >= 4 is 46.8 Å². The molecule has 2 heterocycles. The third kappa shape index (κ3) is 5.00. The first-order chi connectivity index (χ1) is 15.1. The summed E-state index contributed by atoms with van der Waals surface area (Å²) in [5.41, 5.74) is 6.25. The Labute approximate surface area is 197 Å². The lowest BCUT2D eigenvalue weighted by Gasteiger charge is -2.17. The van der Waals surface area contributed by atoms with Crippen LogP contribution < -0.4 is 15.4 Å². The molecule has 0 spiro atoms. The Morgan fingerprint density at radius 3 is 2.75 bits per heavy atom. The second-order valence-electron chi connectivity index (χ2n) is 7.14. The third-order valence-corrected chi connectivity index (χ3v) is 5.95. The van der Waals surface area contributed by atoms with E-state index in [-0.39, 0.29) is 25.3 Å². The van der Waals surface area contributed by atoms with Gasteiger partial charge >= 0.3 is 0 Å². The number of carbonyl (C=O) groups is 1. The van der Waals surface area contributed by atoms with Crippen molar-refractivity contribution in [1.29, 1.82) is 0 Å². The van der Waals surface area contributed by atoms with Gasteiger partial charge in [0.25, 0.3) is 5.91 Å². The molecular formula is C23H25N5O2S2. The van der Waals surface area contributed by atoms with E-state index in [0.717, 1.165) is 32.9 Å². The summed E-state index contributed by atoms with van der Waals surface area (Å²) < 4.78 is 6.67. The molecule has 2 aromatic heterocycles. The number of rotatable bonds is 7. The second kappa shape index (κ2) is 10.4. The summed E-state index contributed by atoms with van der Waals surface area (Å²) in [4.78, 5) is 25.0. The highest BCUT2D eigenvalue weighted by molar-refractivity contribution is 7.59. The van der Waals surface area contributed by atoms with Crippen LogP contribution in [0.2, 0.25) is 0 Å². The monoisotopic (exact) mass is 467 g/mol. The zero-order valence-electron chi connectivity index (χ0n) is 18.0. The summed E-state index contributed by atoms with van der Waals surface area (Å²) in [6.07, 6.45) is 1.56. The lowest BCUT2D eigenvalue weighted by Crippen LogP contribution is -2.18. The van der Waals surface area contributed by atoms with Gasteiger partial charge in [-0.2, -0.15) is 13.5 Å². The molecule has 4 aromatic rings. The quantitative estimate of drug-likeness (QED) is 0.417. The molecule has 2 N–H and O–H groups in total.